The van der Waals surface area contributed by atoms with Gasteiger partial charge in [0.15, 0.2) is 5.78 Å². The van der Waals surface area contributed by atoms with Crippen molar-refractivity contribution >= 4 is 11.9 Å². The molecule has 0 aliphatic rings. The molecular weight excluding hydrogens is 188 g/mol. The fraction of sp³-hybridized carbons (Fsp3) is 0.308. The molecule has 0 heterocycles. The molecule has 0 saturated heterocycles. The minimum atomic E-state index is -0.745. The van der Waals surface area contributed by atoms with Crippen molar-refractivity contribution in [3.8, 4) is 0 Å². The molecule has 0 spiro atoms. The third-order valence-corrected chi connectivity index (χ3v) is 2.33. The molecular formula is C13H16O2. The minimum absolute atomic E-state index is 0.0335. The van der Waals surface area contributed by atoms with Crippen molar-refractivity contribution in [2.75, 3.05) is 7.11 Å². The summed E-state index contributed by atoms with van der Waals surface area (Å²) in [7, 11) is 1.54. The topological polar surface area (TPSA) is 26.3 Å². The van der Waals surface area contributed by atoms with Crippen LogP contribution in [-0.2, 0) is 9.53 Å². The summed E-state index contributed by atoms with van der Waals surface area (Å²) in [5, 5.41) is 0. The van der Waals surface area contributed by atoms with E-state index < -0.39 is 5.60 Å². The van der Waals surface area contributed by atoms with E-state index in [9.17, 15) is 4.79 Å². The van der Waals surface area contributed by atoms with Gasteiger partial charge in [-0.3, -0.25) is 4.79 Å². The Balaban J connectivity index is 2.71. The second-order valence-corrected chi connectivity index (χ2v) is 3.82. The van der Waals surface area contributed by atoms with Crippen LogP contribution in [0.5, 0.6) is 0 Å². The standard InChI is InChI=1S/C13H16O2/c1-13(2,15-3)12(14)10-9-11-7-5-4-6-8-11/h4-10H,1-3H3. The molecule has 0 saturated carbocycles. The number of carbonyl (C=O) groups excluding carboxylic acids is 1. The lowest BCUT2D eigenvalue weighted by Gasteiger charge is -2.18. The molecule has 0 N–H and O–H groups in total. The molecule has 0 bridgehead atoms. The van der Waals surface area contributed by atoms with E-state index in [2.05, 4.69) is 0 Å². The van der Waals surface area contributed by atoms with E-state index in [1.54, 1.807) is 26.0 Å². The molecule has 0 fully saturated rings. The summed E-state index contributed by atoms with van der Waals surface area (Å²) in [6.07, 6.45) is 3.35. The third-order valence-electron chi connectivity index (χ3n) is 2.33. The monoisotopic (exact) mass is 204 g/mol. The quantitative estimate of drug-likeness (QED) is 0.705. The zero-order valence-corrected chi connectivity index (χ0v) is 9.36. The highest BCUT2D eigenvalue weighted by molar-refractivity contribution is 5.99. The lowest BCUT2D eigenvalue weighted by atomic mass is 10.0. The summed E-state index contributed by atoms with van der Waals surface area (Å²) >= 11 is 0. The minimum Gasteiger partial charge on any atom is -0.371 e. The number of hydrogen-bond donors (Lipinski definition) is 0. The Labute approximate surface area is 90.6 Å². The molecule has 0 aromatic heterocycles. The van der Waals surface area contributed by atoms with Crippen LogP contribution < -0.4 is 0 Å². The molecule has 0 atom stereocenters. The van der Waals surface area contributed by atoms with Crippen LogP contribution in [0.15, 0.2) is 36.4 Å². The molecule has 0 radical (unpaired) electrons. The Morgan fingerprint density at radius 1 is 1.27 bits per heavy atom. The molecule has 1 rings (SSSR count). The number of ketones is 1. The van der Waals surface area contributed by atoms with Crippen LogP contribution in [0.3, 0.4) is 0 Å². The summed E-state index contributed by atoms with van der Waals surface area (Å²) in [6.45, 7) is 3.51. The molecule has 0 aliphatic carbocycles. The highest BCUT2D eigenvalue weighted by Gasteiger charge is 2.23. The fourth-order valence-electron chi connectivity index (χ4n) is 1.04. The Morgan fingerprint density at radius 3 is 2.40 bits per heavy atom. The second-order valence-electron chi connectivity index (χ2n) is 3.82. The number of benzene rings is 1. The van der Waals surface area contributed by atoms with Crippen LogP contribution in [0.2, 0.25) is 0 Å². The normalized spacial score (nSPS) is 11.9. The summed E-state index contributed by atoms with van der Waals surface area (Å²) < 4.78 is 5.09. The molecule has 0 unspecified atom stereocenters. The molecule has 80 valence electrons. The van der Waals surface area contributed by atoms with Gasteiger partial charge >= 0.3 is 0 Å². The first-order valence-corrected chi connectivity index (χ1v) is 4.89. The van der Waals surface area contributed by atoms with Crippen molar-refractivity contribution in [3.05, 3.63) is 42.0 Å². The number of methoxy groups -OCH3 is 1. The van der Waals surface area contributed by atoms with Crippen LogP contribution in [0.1, 0.15) is 19.4 Å². The van der Waals surface area contributed by atoms with E-state index in [0.717, 1.165) is 5.56 Å². The van der Waals surface area contributed by atoms with Gasteiger partial charge < -0.3 is 4.74 Å². The number of carbonyl (C=O) groups is 1. The maximum absolute atomic E-state index is 11.7. The van der Waals surface area contributed by atoms with Gasteiger partial charge in [0.05, 0.1) is 0 Å². The highest BCUT2D eigenvalue weighted by Crippen LogP contribution is 2.11. The number of hydrogen-bond acceptors (Lipinski definition) is 2. The van der Waals surface area contributed by atoms with E-state index >= 15 is 0 Å². The molecule has 0 amide bonds. The lowest BCUT2D eigenvalue weighted by molar-refractivity contribution is -0.131. The van der Waals surface area contributed by atoms with Gasteiger partial charge in [-0.15, -0.1) is 0 Å². The molecule has 15 heavy (non-hydrogen) atoms. The van der Waals surface area contributed by atoms with Crippen LogP contribution in [0.25, 0.3) is 6.08 Å². The molecule has 2 nitrogen and oxygen atoms in total. The Hall–Kier alpha value is -1.41. The average molecular weight is 204 g/mol. The van der Waals surface area contributed by atoms with Crippen molar-refractivity contribution < 1.29 is 9.53 Å². The molecule has 1 aromatic rings. The Bertz CT molecular complexity index is 350. The van der Waals surface area contributed by atoms with Gasteiger partial charge in [0.1, 0.15) is 5.60 Å². The summed E-state index contributed by atoms with van der Waals surface area (Å²) in [5.41, 5.74) is 0.267. The van der Waals surface area contributed by atoms with Crippen molar-refractivity contribution in [3.63, 3.8) is 0 Å². The van der Waals surface area contributed by atoms with Crippen molar-refractivity contribution in [1.29, 1.82) is 0 Å². The van der Waals surface area contributed by atoms with Gasteiger partial charge in [0.25, 0.3) is 0 Å². The lowest BCUT2D eigenvalue weighted by Crippen LogP contribution is -2.32. The van der Waals surface area contributed by atoms with Gasteiger partial charge in [0.2, 0.25) is 0 Å². The van der Waals surface area contributed by atoms with E-state index in [1.807, 2.05) is 30.3 Å². The average Bonchev–Trinajstić information content (AvgIpc) is 2.27. The van der Waals surface area contributed by atoms with Gasteiger partial charge in [-0.05, 0) is 25.5 Å². The highest BCUT2D eigenvalue weighted by atomic mass is 16.5. The van der Waals surface area contributed by atoms with E-state index in [-0.39, 0.29) is 5.78 Å². The van der Waals surface area contributed by atoms with E-state index in [4.69, 9.17) is 4.74 Å². The SMILES string of the molecule is COC(C)(C)C(=O)C=Cc1ccccc1. The molecule has 0 aliphatic heterocycles. The first kappa shape index (κ1) is 11.7. The van der Waals surface area contributed by atoms with Crippen LogP contribution in [0, 0.1) is 0 Å². The Kier molecular flexibility index (Phi) is 3.81. The number of ether oxygens (including phenoxy) is 1. The van der Waals surface area contributed by atoms with Crippen LogP contribution in [0.4, 0.5) is 0 Å². The van der Waals surface area contributed by atoms with Crippen LogP contribution >= 0.6 is 0 Å². The van der Waals surface area contributed by atoms with Gasteiger partial charge in [-0.1, -0.05) is 36.4 Å². The molecule has 1 aromatic carbocycles. The third kappa shape index (κ3) is 3.33. The van der Waals surface area contributed by atoms with Gasteiger partial charge in [-0.25, -0.2) is 0 Å². The predicted molar refractivity (Wildman–Crippen MR) is 61.6 cm³/mol. The predicted octanol–water partition coefficient (Wildman–Crippen LogP) is 2.69. The van der Waals surface area contributed by atoms with Crippen molar-refractivity contribution in [2.45, 2.75) is 19.4 Å². The van der Waals surface area contributed by atoms with E-state index in [0.29, 0.717) is 0 Å². The smallest absolute Gasteiger partial charge is 0.186 e. The van der Waals surface area contributed by atoms with Crippen LogP contribution in [-0.4, -0.2) is 18.5 Å². The largest absolute Gasteiger partial charge is 0.371 e. The first-order valence-electron chi connectivity index (χ1n) is 4.89. The van der Waals surface area contributed by atoms with Gasteiger partial charge in [0, 0.05) is 7.11 Å². The summed E-state index contributed by atoms with van der Waals surface area (Å²) in [4.78, 5) is 11.7. The maximum atomic E-state index is 11.7. The maximum Gasteiger partial charge on any atom is 0.186 e. The van der Waals surface area contributed by atoms with Crippen molar-refractivity contribution in [2.24, 2.45) is 0 Å². The second kappa shape index (κ2) is 4.89. The zero-order chi connectivity index (χ0) is 11.3. The zero-order valence-electron chi connectivity index (χ0n) is 9.36. The van der Waals surface area contributed by atoms with Gasteiger partial charge in [-0.2, -0.15) is 0 Å². The number of rotatable bonds is 4. The Morgan fingerprint density at radius 2 is 1.87 bits per heavy atom. The first-order chi connectivity index (χ1) is 7.06. The fourth-order valence-corrected chi connectivity index (χ4v) is 1.04. The summed E-state index contributed by atoms with van der Waals surface area (Å²) in [6, 6.07) is 9.71. The summed E-state index contributed by atoms with van der Waals surface area (Å²) in [5.74, 6) is -0.0335. The molecule has 2 heteroatoms. The van der Waals surface area contributed by atoms with E-state index in [1.165, 1.54) is 7.11 Å². The van der Waals surface area contributed by atoms with Crippen molar-refractivity contribution in [1.82, 2.24) is 0 Å².